The zero-order valence-electron chi connectivity index (χ0n) is 14.9. The molecule has 146 valence electrons. The summed E-state index contributed by atoms with van der Waals surface area (Å²) in [4.78, 5) is 14.6. The molecule has 0 N–H and O–H groups in total. The van der Waals surface area contributed by atoms with Crippen LogP contribution in [-0.2, 0) is 32.1 Å². The van der Waals surface area contributed by atoms with E-state index in [2.05, 4.69) is 22.1 Å². The van der Waals surface area contributed by atoms with E-state index in [0.717, 1.165) is 18.9 Å². The van der Waals surface area contributed by atoms with Gasteiger partial charge in [-0.15, -0.1) is 22.7 Å². The van der Waals surface area contributed by atoms with Gasteiger partial charge in [-0.1, -0.05) is 0 Å². The van der Waals surface area contributed by atoms with Gasteiger partial charge < -0.3 is 9.80 Å². The van der Waals surface area contributed by atoms with E-state index >= 15 is 0 Å². The Kier molecular flexibility index (Phi) is 4.31. The average Bonchev–Trinajstić information content (AvgIpc) is 3.34. The maximum absolute atomic E-state index is 13.5. The van der Waals surface area contributed by atoms with Crippen LogP contribution in [-0.4, -0.2) is 23.1 Å². The van der Waals surface area contributed by atoms with E-state index in [-0.39, 0.29) is 5.95 Å². The van der Waals surface area contributed by atoms with Gasteiger partial charge in [-0.2, -0.15) is 18.2 Å². The van der Waals surface area contributed by atoms with Crippen LogP contribution in [0.5, 0.6) is 0 Å². The molecule has 9 heteroatoms. The van der Waals surface area contributed by atoms with Crippen molar-refractivity contribution in [2.75, 3.05) is 22.9 Å². The van der Waals surface area contributed by atoms with Gasteiger partial charge >= 0.3 is 6.18 Å². The molecule has 0 aliphatic carbocycles. The van der Waals surface area contributed by atoms with Crippen molar-refractivity contribution in [1.82, 2.24) is 9.97 Å². The Morgan fingerprint density at radius 1 is 0.857 bits per heavy atom. The van der Waals surface area contributed by atoms with E-state index in [1.807, 2.05) is 20.6 Å². The molecule has 0 aromatic carbocycles. The Morgan fingerprint density at radius 3 is 2.11 bits per heavy atom. The highest BCUT2D eigenvalue weighted by molar-refractivity contribution is 7.10. The molecule has 0 bridgehead atoms. The van der Waals surface area contributed by atoms with Crippen molar-refractivity contribution in [3.63, 3.8) is 0 Å². The van der Waals surface area contributed by atoms with E-state index in [4.69, 9.17) is 0 Å². The van der Waals surface area contributed by atoms with Crippen LogP contribution in [0, 0.1) is 0 Å². The third-order valence-electron chi connectivity index (χ3n) is 5.24. The summed E-state index contributed by atoms with van der Waals surface area (Å²) in [6.45, 7) is 2.44. The lowest BCUT2D eigenvalue weighted by atomic mass is 10.1. The van der Waals surface area contributed by atoms with E-state index in [9.17, 15) is 13.2 Å². The first kappa shape index (κ1) is 17.9. The number of hydrogen-bond acceptors (Lipinski definition) is 6. The van der Waals surface area contributed by atoms with Crippen molar-refractivity contribution < 1.29 is 13.2 Å². The fourth-order valence-corrected chi connectivity index (χ4v) is 5.61. The molecule has 4 nitrogen and oxygen atoms in total. The fraction of sp³-hybridized carbons (Fsp3) is 0.368. The number of alkyl halides is 3. The van der Waals surface area contributed by atoms with Crippen LogP contribution in [0.15, 0.2) is 29.0 Å². The van der Waals surface area contributed by atoms with Crippen molar-refractivity contribution in [3.8, 4) is 0 Å². The quantitative estimate of drug-likeness (QED) is 0.597. The molecule has 0 saturated heterocycles. The van der Waals surface area contributed by atoms with Gasteiger partial charge in [-0.05, 0) is 46.9 Å². The van der Waals surface area contributed by atoms with E-state index < -0.39 is 11.9 Å². The molecule has 28 heavy (non-hydrogen) atoms. The van der Waals surface area contributed by atoms with Gasteiger partial charge in [0.15, 0.2) is 5.69 Å². The number of thiophene rings is 2. The third kappa shape index (κ3) is 3.26. The van der Waals surface area contributed by atoms with Crippen LogP contribution >= 0.6 is 22.7 Å². The Hall–Kier alpha value is -2.13. The number of anilines is 2. The predicted octanol–water partition coefficient (Wildman–Crippen LogP) is 4.74. The number of hydrogen-bond donors (Lipinski definition) is 0. The van der Waals surface area contributed by atoms with E-state index in [0.29, 0.717) is 32.0 Å². The molecule has 3 aromatic heterocycles. The lowest BCUT2D eigenvalue weighted by Gasteiger charge is -2.31. The van der Waals surface area contributed by atoms with Crippen molar-refractivity contribution in [3.05, 3.63) is 55.5 Å². The van der Waals surface area contributed by atoms with E-state index in [1.165, 1.54) is 20.9 Å². The van der Waals surface area contributed by atoms with Crippen molar-refractivity contribution in [2.24, 2.45) is 0 Å². The fourth-order valence-electron chi connectivity index (χ4n) is 3.71. The second-order valence-electron chi connectivity index (χ2n) is 6.99. The minimum atomic E-state index is -4.50. The monoisotopic (exact) mass is 422 g/mol. The van der Waals surface area contributed by atoms with Crippen molar-refractivity contribution in [1.29, 1.82) is 0 Å². The largest absolute Gasteiger partial charge is 0.433 e. The Balaban J connectivity index is 1.50. The first-order valence-electron chi connectivity index (χ1n) is 9.04. The highest BCUT2D eigenvalue weighted by Crippen LogP contribution is 2.35. The molecule has 5 heterocycles. The van der Waals surface area contributed by atoms with Crippen LogP contribution in [0.3, 0.4) is 0 Å². The molecule has 2 aliphatic heterocycles. The van der Waals surface area contributed by atoms with Gasteiger partial charge in [0.05, 0.1) is 13.1 Å². The smallest absolute Gasteiger partial charge is 0.351 e. The van der Waals surface area contributed by atoms with Crippen molar-refractivity contribution >= 4 is 34.4 Å². The van der Waals surface area contributed by atoms with Gasteiger partial charge in [0.2, 0.25) is 5.95 Å². The van der Waals surface area contributed by atoms with Crippen LogP contribution in [0.25, 0.3) is 0 Å². The molecular formula is C19H17F3N4S2. The molecule has 2 aliphatic rings. The van der Waals surface area contributed by atoms with Crippen molar-refractivity contribution in [2.45, 2.75) is 32.1 Å². The lowest BCUT2D eigenvalue weighted by molar-refractivity contribution is -0.141. The van der Waals surface area contributed by atoms with E-state index in [1.54, 1.807) is 22.7 Å². The van der Waals surface area contributed by atoms with Crippen LogP contribution in [0.1, 0.15) is 26.6 Å². The molecule has 0 atom stereocenters. The summed E-state index contributed by atoms with van der Waals surface area (Å²) in [5.41, 5.74) is 1.68. The zero-order chi connectivity index (χ0) is 19.3. The number of aromatic nitrogens is 2. The summed E-state index contributed by atoms with van der Waals surface area (Å²) in [6, 6.07) is 5.26. The summed E-state index contributed by atoms with van der Waals surface area (Å²) in [7, 11) is 0. The molecular weight excluding hydrogens is 405 g/mol. The maximum atomic E-state index is 13.5. The number of fused-ring (bicyclic) bond motifs is 2. The Morgan fingerprint density at radius 2 is 1.46 bits per heavy atom. The van der Waals surface area contributed by atoms with Crippen LogP contribution in [0.4, 0.5) is 24.9 Å². The first-order chi connectivity index (χ1) is 13.5. The van der Waals surface area contributed by atoms with Crippen LogP contribution < -0.4 is 9.80 Å². The number of rotatable bonds is 2. The summed E-state index contributed by atoms with van der Waals surface area (Å²) >= 11 is 3.27. The predicted molar refractivity (Wildman–Crippen MR) is 105 cm³/mol. The van der Waals surface area contributed by atoms with Gasteiger partial charge in [0, 0.05) is 28.9 Å². The first-order valence-corrected chi connectivity index (χ1v) is 10.8. The summed E-state index contributed by atoms with van der Waals surface area (Å²) in [6.07, 6.45) is -2.88. The lowest BCUT2D eigenvalue weighted by Crippen LogP contribution is -2.34. The molecule has 0 saturated carbocycles. The van der Waals surface area contributed by atoms with Gasteiger partial charge in [-0.25, -0.2) is 4.98 Å². The standard InChI is InChI=1S/C19H17F3N4S2/c20-19(21,22)16-9-17(25-5-1-12-3-7-27-14(12)10-25)24-18(23-16)26-6-2-13-4-8-28-15(13)11-26/h3-4,7-9H,1-2,5-6,10-11H2. The second kappa shape index (κ2) is 6.73. The summed E-state index contributed by atoms with van der Waals surface area (Å²) in [5, 5.41) is 4.06. The van der Waals surface area contributed by atoms with Gasteiger partial charge in [-0.3, -0.25) is 0 Å². The minimum absolute atomic E-state index is 0.167. The molecule has 5 rings (SSSR count). The Bertz CT molecular complexity index is 940. The molecule has 0 amide bonds. The third-order valence-corrected chi connectivity index (χ3v) is 7.14. The van der Waals surface area contributed by atoms with Gasteiger partial charge in [0.25, 0.3) is 0 Å². The number of nitrogens with zero attached hydrogens (tertiary/aromatic N) is 4. The molecule has 0 radical (unpaired) electrons. The summed E-state index contributed by atoms with van der Waals surface area (Å²) < 4.78 is 40.6. The molecule has 0 unspecified atom stereocenters. The SMILES string of the molecule is FC(F)(F)c1cc(N2CCc3ccsc3C2)nc(N2CCc3ccsc3C2)n1. The molecule has 3 aromatic rings. The molecule has 0 fully saturated rings. The second-order valence-corrected chi connectivity index (χ2v) is 8.99. The van der Waals surface area contributed by atoms with Crippen LogP contribution in [0.2, 0.25) is 0 Å². The molecule has 0 spiro atoms. The normalized spacial score (nSPS) is 16.8. The number of halogens is 3. The van der Waals surface area contributed by atoms with Gasteiger partial charge in [0.1, 0.15) is 5.82 Å². The maximum Gasteiger partial charge on any atom is 0.433 e. The topological polar surface area (TPSA) is 32.3 Å². The highest BCUT2D eigenvalue weighted by atomic mass is 32.1. The minimum Gasteiger partial charge on any atom is -0.351 e. The average molecular weight is 423 g/mol. The summed E-state index contributed by atoms with van der Waals surface area (Å²) in [5.74, 6) is 0.522. The zero-order valence-corrected chi connectivity index (χ0v) is 16.5. The highest BCUT2D eigenvalue weighted by Gasteiger charge is 2.35. The Labute approximate surface area is 168 Å².